The molecule has 0 atom stereocenters. The van der Waals surface area contributed by atoms with Crippen LogP contribution in [0.1, 0.15) is 142 Å². The largest absolute Gasteiger partial charge is 0.497 e. The maximum Gasteiger partial charge on any atom is 0.262 e. The molecule has 0 spiro atoms. The lowest BCUT2D eigenvalue weighted by atomic mass is 9.66. The van der Waals surface area contributed by atoms with Gasteiger partial charge in [-0.05, 0) is 195 Å². The Morgan fingerprint density at radius 3 is 1.96 bits per heavy atom. The van der Waals surface area contributed by atoms with Crippen molar-refractivity contribution in [3.63, 3.8) is 0 Å². The summed E-state index contributed by atoms with van der Waals surface area (Å²) >= 11 is 12.0. The Kier molecular flexibility index (Phi) is 39.3. The van der Waals surface area contributed by atoms with Crippen LogP contribution in [0.3, 0.4) is 0 Å². The smallest absolute Gasteiger partial charge is 0.262 e. The maximum atomic E-state index is 12.3. The van der Waals surface area contributed by atoms with Gasteiger partial charge in [-0.25, -0.2) is 8.96 Å². The number of thiazole rings is 1. The third-order valence-corrected chi connectivity index (χ3v) is 27.3. The molecule has 3 aromatic heterocycles. The van der Waals surface area contributed by atoms with E-state index < -0.39 is 0 Å². The number of hydrogen-bond acceptors (Lipinski definition) is 7. The molecule has 0 fully saturated rings. The summed E-state index contributed by atoms with van der Waals surface area (Å²) in [4.78, 5) is 10.1. The molecule has 0 saturated carbocycles. The molecular weight excluding hydrogens is 1700 g/mol. The van der Waals surface area contributed by atoms with Crippen LogP contribution in [-0.4, -0.2) is 48.6 Å². The number of thioether (sulfide) groups is 2. The van der Waals surface area contributed by atoms with Crippen LogP contribution >= 0.6 is 46.5 Å². The lowest BCUT2D eigenvalue weighted by Gasteiger charge is -2.31. The summed E-state index contributed by atoms with van der Waals surface area (Å²) in [7, 11) is 9.97. The topological polar surface area (TPSA) is 30.6 Å². The van der Waals surface area contributed by atoms with Crippen LogP contribution in [0, 0.1) is 11.2 Å². The molecule has 0 saturated heterocycles. The molecule has 15 heteroatoms. The van der Waals surface area contributed by atoms with Crippen LogP contribution in [-0.2, 0) is 20.1 Å². The van der Waals surface area contributed by atoms with Crippen molar-refractivity contribution in [1.29, 1.82) is 0 Å². The second-order valence-electron chi connectivity index (χ2n) is 34.0. The van der Waals surface area contributed by atoms with E-state index in [9.17, 15) is 4.39 Å². The molecule has 10 aromatic carbocycles. The second kappa shape index (κ2) is 52.1. The monoisotopic (exact) mass is 1830 g/mol. The van der Waals surface area contributed by atoms with Gasteiger partial charge in [0.05, 0.1) is 33.9 Å². The normalized spacial score (nSPS) is 15.0. The summed E-state index contributed by atoms with van der Waals surface area (Å²) in [5.41, 5.74) is 20.4. The van der Waals surface area contributed by atoms with Gasteiger partial charge in [0.2, 0.25) is 22.2 Å². The van der Waals surface area contributed by atoms with E-state index in [1.54, 1.807) is 13.2 Å². The van der Waals surface area contributed by atoms with Gasteiger partial charge >= 0.3 is 0 Å². The minimum absolute atomic E-state index is 0.175. The van der Waals surface area contributed by atoms with E-state index in [-0.39, 0.29) is 11.2 Å². The zero-order valence-corrected chi connectivity index (χ0v) is 83.3. The first-order chi connectivity index (χ1) is 65.0. The number of unbranched alkanes of at least 4 members (excludes halogenated alkanes) is 4. The zero-order valence-electron chi connectivity index (χ0n) is 80.1. The second-order valence-corrected chi connectivity index (χ2v) is 37.6. The number of allylic oxidation sites excluding steroid dienone is 17. The van der Waals surface area contributed by atoms with Gasteiger partial charge in [0.1, 0.15) is 51.0 Å². The van der Waals surface area contributed by atoms with E-state index in [0.29, 0.717) is 0 Å². The van der Waals surface area contributed by atoms with Gasteiger partial charge in [-0.3, -0.25) is 0 Å². The van der Waals surface area contributed by atoms with Gasteiger partial charge in [-0.15, -0.1) is 0 Å². The average Bonchev–Trinajstić information content (AvgIpc) is 1.60. The summed E-state index contributed by atoms with van der Waals surface area (Å²) in [5.74, 6) is 0.748. The van der Waals surface area contributed by atoms with Crippen molar-refractivity contribution in [3.8, 4) is 5.75 Å². The van der Waals surface area contributed by atoms with Crippen molar-refractivity contribution in [1.82, 2.24) is 0 Å². The molecule has 6 heterocycles. The number of rotatable bonds is 27. The predicted octanol–water partition coefficient (Wildman–Crippen LogP) is 29.4. The molecule has 0 bridgehead atoms. The fourth-order valence-electron chi connectivity index (χ4n) is 16.7. The van der Waals surface area contributed by atoms with E-state index in [4.69, 9.17) is 16.3 Å². The van der Waals surface area contributed by atoms with Crippen molar-refractivity contribution in [3.05, 3.63) is 405 Å². The highest BCUT2D eigenvalue weighted by Crippen LogP contribution is 2.51. The van der Waals surface area contributed by atoms with Crippen LogP contribution in [0.2, 0.25) is 25.0 Å². The van der Waals surface area contributed by atoms with E-state index in [1.807, 2.05) is 104 Å². The minimum Gasteiger partial charge on any atom is -0.497 e. The molecule has 3 aliphatic heterocycles. The third kappa shape index (κ3) is 28.7. The molecule has 3 radical (unpaired) electrons. The number of aromatic nitrogens is 3. The molecule has 7 nitrogen and oxygen atoms in total. The first kappa shape index (κ1) is 100. The van der Waals surface area contributed by atoms with E-state index in [1.165, 1.54) is 193 Å². The van der Waals surface area contributed by atoms with Gasteiger partial charge in [-0.1, -0.05) is 368 Å². The summed E-state index contributed by atoms with van der Waals surface area (Å²) < 4.78 is 25.6. The van der Waals surface area contributed by atoms with E-state index in [2.05, 4.69) is 410 Å². The SMILES string of the molecule is CCCCCN1C(=CC2=CC(=CC=Cc3sc4ccccc4[n+]3CC)CC(C)(C)C2)Sc2ccccc21.CCCCN1/C(=C/C=C(C)/C=C/c2cc[n+](C)c3ccc(Cl)cc23)Sc2c1ccc1ccccc21.CCCC[B]c1ccc(OC)cc1.CCN1C(=CC=CC=CC=Cc2ccc3ccccc3[n+]2CC)C=Cc2ccccc21.C[B]c1cccc(F)c1.C[B]c1ccccc1. The van der Waals surface area contributed by atoms with E-state index in [0.717, 1.165) is 67.2 Å². The van der Waals surface area contributed by atoms with Gasteiger partial charge in [0, 0.05) is 93.7 Å². The number of hydrogen-bond donors (Lipinski definition) is 0. The summed E-state index contributed by atoms with van der Waals surface area (Å²) in [5, 5.41) is 9.80. The lowest BCUT2D eigenvalue weighted by molar-refractivity contribution is -0.669. The standard InChI is InChI=1S/C33H39N2S2.C31H30ClN2S.C29H29N2.C11H16BO.C7H7BF.C7H8B/c1-5-7-12-20-35-28-16-9-11-18-30(28)37-32(35)22-26-21-25(23-33(3,4)24-26)14-13-19-31-34(6-2)27-15-8-10-17-29(27)36-31;1-4-5-19-34-29-15-13-23-8-6-7-9-26(23)31(29)35-30(34)17-11-22(2)10-12-24-18-20-33(3)28-16-14-25(32)21-27(24)28;1-3-30-26(22-20-24-14-10-12-18-28(24)30)16-8-6-5-7-9-17-27-23-21-25-15-11-13-19-29(25)31(27)4-2;1-3-4-9-12-10-5-7-11(13-2)8-6-10;1-8-6-3-2-4-7(9)5-6;1-8-7-5-3-2-4-6-7/h8-11,13-19,21-22H,5-7,12,20,23-24H2,1-4H3;6-18,20-21H,4-5,19H2,1-3H3;5-23H,3-4H2,1-2H3;5-8H,3-4,9H2,1-2H3;2-5H,1H3;2-6H,1H3/q3*+1;;;. The van der Waals surface area contributed by atoms with Crippen LogP contribution < -0.4 is 49.5 Å². The van der Waals surface area contributed by atoms with Crippen LogP contribution in [0.4, 0.5) is 21.5 Å². The van der Waals surface area contributed by atoms with Crippen molar-refractivity contribution in [2.45, 2.75) is 163 Å². The van der Waals surface area contributed by atoms with Crippen molar-refractivity contribution < 1.29 is 22.8 Å². The summed E-state index contributed by atoms with van der Waals surface area (Å²) in [6.07, 6.45) is 53.9. The minimum atomic E-state index is -0.175. The number of ether oxygens (including phenoxy) is 1. The number of pyridine rings is 2. The average molecular weight is 1830 g/mol. The van der Waals surface area contributed by atoms with Crippen LogP contribution in [0.15, 0.2) is 382 Å². The van der Waals surface area contributed by atoms with Gasteiger partial charge in [0.25, 0.3) is 5.01 Å². The molecule has 0 unspecified atom stereocenters. The molecule has 17 rings (SSSR count). The number of nitrogens with zero attached hydrogens (tertiary/aromatic N) is 6. The van der Waals surface area contributed by atoms with Gasteiger partial charge < -0.3 is 19.4 Å². The number of benzene rings is 10. The number of para-hydroxylation sites is 4. The highest BCUT2D eigenvalue weighted by molar-refractivity contribution is 8.04. The number of anilines is 3. The molecule has 133 heavy (non-hydrogen) atoms. The van der Waals surface area contributed by atoms with Crippen molar-refractivity contribution in [2.24, 2.45) is 12.5 Å². The number of fused-ring (bicyclic) bond motifs is 8. The van der Waals surface area contributed by atoms with E-state index >= 15 is 0 Å². The molecule has 4 aliphatic rings. The first-order valence-corrected chi connectivity index (χ1v) is 50.2. The molecule has 0 amide bonds. The molecule has 675 valence electrons. The fourth-order valence-corrected chi connectivity index (χ4v) is 20.4. The van der Waals surface area contributed by atoms with Crippen LogP contribution in [0.5, 0.6) is 5.75 Å². The Balaban J connectivity index is 0.000000155. The summed E-state index contributed by atoms with van der Waals surface area (Å²) in [6.45, 7) is 29.3. The molecule has 1 aliphatic carbocycles. The zero-order chi connectivity index (χ0) is 93.7. The Morgan fingerprint density at radius 2 is 1.22 bits per heavy atom. The Hall–Kier alpha value is -11.6. The lowest BCUT2D eigenvalue weighted by Crippen LogP contribution is -2.36. The fraction of sp³-hybridized carbons (Fsp3) is 0.246. The number of methoxy groups -OCH3 is 1. The maximum absolute atomic E-state index is 12.3. The van der Waals surface area contributed by atoms with Crippen molar-refractivity contribution in [2.75, 3.05) is 41.4 Å². The quantitative estimate of drug-likeness (QED) is 0.0221. The van der Waals surface area contributed by atoms with Crippen molar-refractivity contribution >= 4 is 169 Å². The highest BCUT2D eigenvalue weighted by Gasteiger charge is 2.30. The van der Waals surface area contributed by atoms with Crippen LogP contribution in [0.25, 0.3) is 67.1 Å². The number of halogens is 2. The number of aryl methyl sites for hydroxylation is 3. The Labute approximate surface area is 813 Å². The Morgan fingerprint density at radius 1 is 0.534 bits per heavy atom. The molecule has 13 aromatic rings. The summed E-state index contributed by atoms with van der Waals surface area (Å²) in [6, 6.07) is 85.4. The first-order valence-electron chi connectivity index (χ1n) is 47.4. The third-order valence-electron chi connectivity index (χ3n) is 23.6. The number of likely N-dealkylation sites (N-methyl/N-ethyl adjacent to an activating group) is 1. The predicted molar refractivity (Wildman–Crippen MR) is 583 cm³/mol. The Bertz CT molecular complexity index is 6440. The molecular formula is C118H129B3ClFN6OS3+3. The molecule has 0 N–H and O–H groups in total. The highest BCUT2D eigenvalue weighted by atomic mass is 35.5. The van der Waals surface area contributed by atoms with Gasteiger partial charge in [0.15, 0.2) is 13.5 Å². The van der Waals surface area contributed by atoms with Gasteiger partial charge in [-0.2, -0.15) is 9.13 Å².